The summed E-state index contributed by atoms with van der Waals surface area (Å²) in [6.45, 7) is 5.17. The molecular formula is C22H28IN5. The van der Waals surface area contributed by atoms with Crippen LogP contribution in [0.3, 0.4) is 0 Å². The Morgan fingerprint density at radius 3 is 2.43 bits per heavy atom. The largest absolute Gasteiger partial charge is 0.357 e. The van der Waals surface area contributed by atoms with Crippen LogP contribution in [-0.2, 0) is 19.5 Å². The molecule has 0 fully saturated rings. The minimum Gasteiger partial charge on any atom is -0.357 e. The van der Waals surface area contributed by atoms with Crippen molar-refractivity contribution >= 4 is 29.9 Å². The normalized spacial score (nSPS) is 11.0. The van der Waals surface area contributed by atoms with E-state index in [0.29, 0.717) is 6.54 Å². The lowest BCUT2D eigenvalue weighted by atomic mass is 10.1. The van der Waals surface area contributed by atoms with E-state index >= 15 is 0 Å². The number of nitrogens with zero attached hydrogens (tertiary/aromatic N) is 3. The van der Waals surface area contributed by atoms with Gasteiger partial charge in [0, 0.05) is 25.5 Å². The smallest absolute Gasteiger partial charge is 0.191 e. The van der Waals surface area contributed by atoms with E-state index in [-0.39, 0.29) is 24.0 Å². The van der Waals surface area contributed by atoms with Crippen LogP contribution in [-0.4, -0.2) is 28.8 Å². The number of aromatic nitrogens is 2. The molecule has 2 aromatic carbocycles. The maximum absolute atomic E-state index is 4.77. The zero-order valence-electron chi connectivity index (χ0n) is 16.2. The lowest BCUT2D eigenvalue weighted by Crippen LogP contribution is -2.38. The predicted octanol–water partition coefficient (Wildman–Crippen LogP) is 3.85. The molecule has 28 heavy (non-hydrogen) atoms. The van der Waals surface area contributed by atoms with Crippen molar-refractivity contribution in [1.82, 2.24) is 20.4 Å². The minimum atomic E-state index is 0. The van der Waals surface area contributed by atoms with Gasteiger partial charge in [-0.15, -0.1) is 24.0 Å². The van der Waals surface area contributed by atoms with E-state index in [2.05, 4.69) is 71.2 Å². The van der Waals surface area contributed by atoms with Gasteiger partial charge in [0.15, 0.2) is 5.96 Å². The average molecular weight is 489 g/mol. The monoisotopic (exact) mass is 489 g/mol. The van der Waals surface area contributed by atoms with E-state index in [1.807, 2.05) is 23.0 Å². The second-order valence-electron chi connectivity index (χ2n) is 6.33. The number of hydrogen-bond donors (Lipinski definition) is 2. The molecule has 3 rings (SSSR count). The second-order valence-corrected chi connectivity index (χ2v) is 6.33. The molecule has 0 unspecified atom stereocenters. The van der Waals surface area contributed by atoms with Crippen LogP contribution in [0, 0.1) is 0 Å². The third kappa shape index (κ3) is 6.99. The average Bonchev–Trinajstić information content (AvgIpc) is 3.21. The molecule has 2 N–H and O–H groups in total. The Hall–Kier alpha value is -2.35. The van der Waals surface area contributed by atoms with Gasteiger partial charge in [0.2, 0.25) is 0 Å². The zero-order chi connectivity index (χ0) is 18.7. The van der Waals surface area contributed by atoms with Crippen LogP contribution in [0.5, 0.6) is 0 Å². The number of benzene rings is 2. The van der Waals surface area contributed by atoms with Crippen molar-refractivity contribution in [2.45, 2.75) is 26.4 Å². The summed E-state index contributed by atoms with van der Waals surface area (Å²) in [4.78, 5) is 4.77. The Bertz CT molecular complexity index is 831. The molecule has 0 saturated carbocycles. The molecule has 0 spiro atoms. The Kier molecular flexibility index (Phi) is 9.54. The first-order valence-electron chi connectivity index (χ1n) is 9.45. The van der Waals surface area contributed by atoms with Crippen LogP contribution in [0.2, 0.25) is 0 Å². The molecule has 148 valence electrons. The Labute approximate surface area is 184 Å². The van der Waals surface area contributed by atoms with Gasteiger partial charge in [0.25, 0.3) is 0 Å². The SMILES string of the molecule is CCNC(=NCc1ccccc1Cn1cccn1)NCCc1ccccc1.I. The summed E-state index contributed by atoms with van der Waals surface area (Å²) in [6, 6.07) is 20.8. The van der Waals surface area contributed by atoms with E-state index in [9.17, 15) is 0 Å². The molecule has 0 aliphatic rings. The fourth-order valence-electron chi connectivity index (χ4n) is 2.91. The fraction of sp³-hybridized carbons (Fsp3) is 0.273. The number of nitrogens with one attached hydrogen (secondary N) is 2. The maximum atomic E-state index is 4.77. The highest BCUT2D eigenvalue weighted by atomic mass is 127. The van der Waals surface area contributed by atoms with Crippen molar-refractivity contribution in [2.24, 2.45) is 4.99 Å². The van der Waals surface area contributed by atoms with E-state index in [1.54, 1.807) is 6.20 Å². The summed E-state index contributed by atoms with van der Waals surface area (Å²) in [6.07, 6.45) is 4.76. The Morgan fingerprint density at radius 2 is 1.71 bits per heavy atom. The third-order valence-electron chi connectivity index (χ3n) is 4.31. The van der Waals surface area contributed by atoms with Gasteiger partial charge in [-0.25, -0.2) is 4.99 Å². The van der Waals surface area contributed by atoms with Gasteiger partial charge in [-0.3, -0.25) is 4.68 Å². The fourth-order valence-corrected chi connectivity index (χ4v) is 2.91. The van der Waals surface area contributed by atoms with Gasteiger partial charge in [0.1, 0.15) is 0 Å². The van der Waals surface area contributed by atoms with Crippen molar-refractivity contribution in [1.29, 1.82) is 0 Å². The van der Waals surface area contributed by atoms with E-state index in [1.165, 1.54) is 16.7 Å². The predicted molar refractivity (Wildman–Crippen MR) is 126 cm³/mol. The van der Waals surface area contributed by atoms with Gasteiger partial charge in [-0.05, 0) is 36.1 Å². The lowest BCUT2D eigenvalue weighted by molar-refractivity contribution is 0.680. The summed E-state index contributed by atoms with van der Waals surface area (Å²) in [7, 11) is 0. The molecule has 0 aliphatic carbocycles. The number of rotatable bonds is 8. The van der Waals surface area contributed by atoms with Gasteiger partial charge in [0.05, 0.1) is 13.1 Å². The number of guanidine groups is 1. The Balaban J connectivity index is 0.00000280. The standard InChI is InChI=1S/C22H27N5.HI/c1-2-23-22(24-15-13-19-9-4-3-5-10-19)25-17-20-11-6-7-12-21(20)18-27-16-8-14-26-27;/h3-12,14,16H,2,13,15,17-18H2,1H3,(H2,23,24,25);1H. The van der Waals surface area contributed by atoms with Gasteiger partial charge >= 0.3 is 0 Å². The van der Waals surface area contributed by atoms with Gasteiger partial charge < -0.3 is 10.6 Å². The molecule has 0 radical (unpaired) electrons. The highest BCUT2D eigenvalue weighted by Gasteiger charge is 2.04. The van der Waals surface area contributed by atoms with Crippen molar-refractivity contribution < 1.29 is 0 Å². The highest BCUT2D eigenvalue weighted by Crippen LogP contribution is 2.11. The topological polar surface area (TPSA) is 54.2 Å². The molecule has 0 amide bonds. The molecule has 0 aliphatic heterocycles. The van der Waals surface area contributed by atoms with Crippen LogP contribution in [0.4, 0.5) is 0 Å². The summed E-state index contributed by atoms with van der Waals surface area (Å²) < 4.78 is 1.94. The van der Waals surface area contributed by atoms with E-state index in [0.717, 1.165) is 32.0 Å². The molecule has 0 atom stereocenters. The van der Waals surface area contributed by atoms with Crippen LogP contribution >= 0.6 is 24.0 Å². The maximum Gasteiger partial charge on any atom is 0.191 e. The number of halogens is 1. The lowest BCUT2D eigenvalue weighted by Gasteiger charge is -2.12. The first-order chi connectivity index (χ1) is 13.3. The third-order valence-corrected chi connectivity index (χ3v) is 4.31. The summed E-state index contributed by atoms with van der Waals surface area (Å²) in [5.74, 6) is 0.849. The molecule has 3 aromatic rings. The highest BCUT2D eigenvalue weighted by molar-refractivity contribution is 14.0. The Morgan fingerprint density at radius 1 is 0.964 bits per heavy atom. The molecule has 1 aromatic heterocycles. The summed E-state index contributed by atoms with van der Waals surface area (Å²) in [5.41, 5.74) is 3.78. The molecule has 1 heterocycles. The van der Waals surface area contributed by atoms with Crippen molar-refractivity contribution in [3.63, 3.8) is 0 Å². The number of hydrogen-bond acceptors (Lipinski definition) is 2. The minimum absolute atomic E-state index is 0. The van der Waals surface area contributed by atoms with E-state index in [4.69, 9.17) is 4.99 Å². The van der Waals surface area contributed by atoms with Crippen molar-refractivity contribution in [2.75, 3.05) is 13.1 Å². The van der Waals surface area contributed by atoms with Crippen LogP contribution in [0.1, 0.15) is 23.6 Å². The van der Waals surface area contributed by atoms with Gasteiger partial charge in [-0.2, -0.15) is 5.10 Å². The van der Waals surface area contributed by atoms with Crippen LogP contribution in [0.25, 0.3) is 0 Å². The van der Waals surface area contributed by atoms with Crippen molar-refractivity contribution in [3.05, 3.63) is 89.7 Å². The van der Waals surface area contributed by atoms with Gasteiger partial charge in [-0.1, -0.05) is 54.6 Å². The summed E-state index contributed by atoms with van der Waals surface area (Å²) >= 11 is 0. The molecule has 0 saturated heterocycles. The quantitative estimate of drug-likeness (QED) is 0.287. The molecule has 5 nitrogen and oxygen atoms in total. The van der Waals surface area contributed by atoms with Crippen LogP contribution in [0.15, 0.2) is 78.0 Å². The molecular weight excluding hydrogens is 461 g/mol. The van der Waals surface area contributed by atoms with E-state index < -0.39 is 0 Å². The van der Waals surface area contributed by atoms with Crippen LogP contribution < -0.4 is 10.6 Å². The first-order valence-corrected chi connectivity index (χ1v) is 9.45. The van der Waals surface area contributed by atoms with Crippen molar-refractivity contribution in [3.8, 4) is 0 Å². The second kappa shape index (κ2) is 12.2. The number of aliphatic imine (C=N–C) groups is 1. The first kappa shape index (κ1) is 21.9. The summed E-state index contributed by atoms with van der Waals surface area (Å²) in [5, 5.41) is 11.1. The zero-order valence-corrected chi connectivity index (χ0v) is 18.5. The molecule has 0 bridgehead atoms. The molecule has 6 heteroatoms.